The lowest BCUT2D eigenvalue weighted by Gasteiger charge is -2.36. The van der Waals surface area contributed by atoms with Crippen LogP contribution in [0.15, 0.2) is 24.3 Å². The molecule has 0 bridgehead atoms. The minimum Gasteiger partial charge on any atom is -0.497 e. The molecule has 28 heavy (non-hydrogen) atoms. The summed E-state index contributed by atoms with van der Waals surface area (Å²) in [4.78, 5) is 39.1. The van der Waals surface area contributed by atoms with Gasteiger partial charge in [-0.1, -0.05) is 25.3 Å². The molecule has 1 saturated carbocycles. The van der Waals surface area contributed by atoms with Crippen molar-refractivity contribution in [3.8, 4) is 5.75 Å². The number of methoxy groups -OCH3 is 1. The largest absolute Gasteiger partial charge is 0.497 e. The highest BCUT2D eigenvalue weighted by atomic mass is 16.5. The molecule has 3 N–H and O–H groups in total. The molecule has 1 heterocycles. The topological polar surface area (TPSA) is 99.8 Å². The van der Waals surface area contributed by atoms with Crippen molar-refractivity contribution in [2.24, 2.45) is 0 Å². The van der Waals surface area contributed by atoms with E-state index >= 15 is 0 Å². The SMILES string of the molecule is COc1cccc(NC(=O)C[C@@H]2C(=O)NCCN2C(=O)NC2CCCCC2)c1. The third-order valence-electron chi connectivity index (χ3n) is 5.26. The molecule has 2 aliphatic rings. The predicted octanol–water partition coefficient (Wildman–Crippen LogP) is 1.87. The molecular formula is C20H28N4O4. The quantitative estimate of drug-likeness (QED) is 0.717. The van der Waals surface area contributed by atoms with Gasteiger partial charge in [0.1, 0.15) is 11.8 Å². The van der Waals surface area contributed by atoms with Gasteiger partial charge in [0, 0.05) is 30.9 Å². The van der Waals surface area contributed by atoms with Crippen molar-refractivity contribution in [3.05, 3.63) is 24.3 Å². The number of anilines is 1. The second-order valence-corrected chi connectivity index (χ2v) is 7.27. The van der Waals surface area contributed by atoms with Crippen molar-refractivity contribution >= 4 is 23.5 Å². The number of nitrogens with zero attached hydrogens (tertiary/aromatic N) is 1. The van der Waals surface area contributed by atoms with Gasteiger partial charge in [-0.15, -0.1) is 0 Å². The molecule has 0 radical (unpaired) electrons. The smallest absolute Gasteiger partial charge is 0.318 e. The fourth-order valence-electron chi connectivity index (χ4n) is 3.75. The van der Waals surface area contributed by atoms with Crippen molar-refractivity contribution in [2.45, 2.75) is 50.6 Å². The Morgan fingerprint density at radius 3 is 2.79 bits per heavy atom. The van der Waals surface area contributed by atoms with Crippen molar-refractivity contribution in [1.82, 2.24) is 15.5 Å². The first-order chi connectivity index (χ1) is 13.6. The molecule has 0 aromatic heterocycles. The summed E-state index contributed by atoms with van der Waals surface area (Å²) in [6, 6.07) is 6.07. The summed E-state index contributed by atoms with van der Waals surface area (Å²) in [5, 5.41) is 8.55. The zero-order valence-corrected chi connectivity index (χ0v) is 16.2. The summed E-state index contributed by atoms with van der Waals surface area (Å²) < 4.78 is 5.15. The third-order valence-corrected chi connectivity index (χ3v) is 5.26. The number of nitrogens with one attached hydrogen (secondary N) is 3. The van der Waals surface area contributed by atoms with Crippen LogP contribution in [0.4, 0.5) is 10.5 Å². The maximum atomic E-state index is 12.7. The van der Waals surface area contributed by atoms with E-state index in [9.17, 15) is 14.4 Å². The van der Waals surface area contributed by atoms with Gasteiger partial charge >= 0.3 is 6.03 Å². The van der Waals surface area contributed by atoms with Gasteiger partial charge in [-0.05, 0) is 25.0 Å². The number of carbonyl (C=O) groups is 3. The molecule has 0 spiro atoms. The van der Waals surface area contributed by atoms with Crippen LogP contribution in [-0.2, 0) is 9.59 Å². The van der Waals surface area contributed by atoms with Crippen LogP contribution >= 0.6 is 0 Å². The van der Waals surface area contributed by atoms with Crippen molar-refractivity contribution in [3.63, 3.8) is 0 Å². The zero-order chi connectivity index (χ0) is 19.9. The van der Waals surface area contributed by atoms with Crippen LogP contribution in [0.2, 0.25) is 0 Å². The fourth-order valence-corrected chi connectivity index (χ4v) is 3.75. The first-order valence-electron chi connectivity index (χ1n) is 9.85. The molecule has 0 unspecified atom stereocenters. The Labute approximate surface area is 165 Å². The van der Waals surface area contributed by atoms with Gasteiger partial charge in [-0.25, -0.2) is 4.79 Å². The standard InChI is InChI=1S/C20H28N4O4/c1-28-16-9-5-8-15(12-16)22-18(25)13-17-19(26)21-10-11-24(17)20(27)23-14-6-3-2-4-7-14/h5,8-9,12,14,17H,2-4,6-7,10-11,13H2,1H3,(H,21,26)(H,22,25)(H,23,27)/t17-/m1/s1. The predicted molar refractivity (Wildman–Crippen MR) is 105 cm³/mol. The molecule has 152 valence electrons. The lowest BCUT2D eigenvalue weighted by Crippen LogP contribution is -2.61. The number of amides is 4. The molecule has 1 aliphatic carbocycles. The van der Waals surface area contributed by atoms with Crippen LogP contribution in [-0.4, -0.2) is 55.0 Å². The van der Waals surface area contributed by atoms with E-state index in [1.54, 1.807) is 31.4 Å². The fraction of sp³-hybridized carbons (Fsp3) is 0.550. The Bertz CT molecular complexity index is 718. The van der Waals surface area contributed by atoms with Crippen molar-refractivity contribution in [2.75, 3.05) is 25.5 Å². The Balaban J connectivity index is 1.61. The van der Waals surface area contributed by atoms with Gasteiger partial charge in [0.2, 0.25) is 11.8 Å². The lowest BCUT2D eigenvalue weighted by atomic mass is 9.95. The molecule has 8 heteroatoms. The number of ether oxygens (including phenoxy) is 1. The van der Waals surface area contributed by atoms with Gasteiger partial charge in [0.25, 0.3) is 0 Å². The molecule has 4 amide bonds. The van der Waals surface area contributed by atoms with Crippen LogP contribution in [0.1, 0.15) is 38.5 Å². The Morgan fingerprint density at radius 1 is 1.25 bits per heavy atom. The monoisotopic (exact) mass is 388 g/mol. The summed E-state index contributed by atoms with van der Waals surface area (Å²) in [6.07, 6.45) is 5.25. The maximum Gasteiger partial charge on any atom is 0.318 e. The van der Waals surface area contributed by atoms with Gasteiger partial charge in [-0.3, -0.25) is 9.59 Å². The van der Waals surface area contributed by atoms with Crippen molar-refractivity contribution < 1.29 is 19.1 Å². The van der Waals surface area contributed by atoms with Gasteiger partial charge in [0.15, 0.2) is 0 Å². The molecule has 1 atom stereocenters. The van der Waals surface area contributed by atoms with Crippen LogP contribution < -0.4 is 20.7 Å². The maximum absolute atomic E-state index is 12.7. The van der Waals surface area contributed by atoms with Crippen LogP contribution in [0.5, 0.6) is 5.75 Å². The molecule has 3 rings (SSSR count). The highest BCUT2D eigenvalue weighted by Crippen LogP contribution is 2.20. The van der Waals surface area contributed by atoms with E-state index in [1.807, 2.05) is 0 Å². The molecule has 1 aromatic carbocycles. The van der Waals surface area contributed by atoms with E-state index in [4.69, 9.17) is 4.74 Å². The average molecular weight is 388 g/mol. The molecule has 2 fully saturated rings. The molecule has 8 nitrogen and oxygen atoms in total. The second kappa shape index (κ2) is 9.43. The Morgan fingerprint density at radius 2 is 2.04 bits per heavy atom. The molecular weight excluding hydrogens is 360 g/mol. The summed E-state index contributed by atoms with van der Waals surface area (Å²) in [7, 11) is 1.55. The molecule has 1 saturated heterocycles. The summed E-state index contributed by atoms with van der Waals surface area (Å²) in [5.74, 6) is -0.00157. The van der Waals surface area contributed by atoms with E-state index in [1.165, 1.54) is 11.3 Å². The van der Waals surface area contributed by atoms with Gasteiger partial charge in [-0.2, -0.15) is 0 Å². The number of hydrogen-bond acceptors (Lipinski definition) is 4. The zero-order valence-electron chi connectivity index (χ0n) is 16.2. The summed E-state index contributed by atoms with van der Waals surface area (Å²) >= 11 is 0. The molecule has 1 aliphatic heterocycles. The first-order valence-corrected chi connectivity index (χ1v) is 9.85. The lowest BCUT2D eigenvalue weighted by molar-refractivity contribution is -0.131. The van der Waals surface area contributed by atoms with E-state index in [0.29, 0.717) is 24.5 Å². The second-order valence-electron chi connectivity index (χ2n) is 7.27. The number of urea groups is 1. The third kappa shape index (κ3) is 5.15. The highest BCUT2D eigenvalue weighted by Gasteiger charge is 2.35. The molecule has 1 aromatic rings. The minimum absolute atomic E-state index is 0.0961. The highest BCUT2D eigenvalue weighted by molar-refractivity contribution is 5.97. The van der Waals surface area contributed by atoms with Crippen molar-refractivity contribution in [1.29, 1.82) is 0 Å². The van der Waals surface area contributed by atoms with Crippen LogP contribution in [0.25, 0.3) is 0 Å². The number of benzene rings is 1. The number of carbonyl (C=O) groups excluding carboxylic acids is 3. The van der Waals surface area contributed by atoms with Crippen LogP contribution in [0.3, 0.4) is 0 Å². The van der Waals surface area contributed by atoms with E-state index < -0.39 is 6.04 Å². The van der Waals surface area contributed by atoms with Gasteiger partial charge in [0.05, 0.1) is 13.5 Å². The summed E-state index contributed by atoms with van der Waals surface area (Å²) in [6.45, 7) is 0.784. The number of rotatable bonds is 5. The average Bonchev–Trinajstić information content (AvgIpc) is 2.70. The summed E-state index contributed by atoms with van der Waals surface area (Å²) in [5.41, 5.74) is 0.582. The normalized spacial score (nSPS) is 20.2. The van der Waals surface area contributed by atoms with Gasteiger partial charge < -0.3 is 25.6 Å². The Kier molecular flexibility index (Phi) is 6.73. The Hall–Kier alpha value is -2.77. The number of hydrogen-bond donors (Lipinski definition) is 3. The minimum atomic E-state index is -0.817. The first kappa shape index (κ1) is 20.0. The van der Waals surface area contributed by atoms with E-state index in [-0.39, 0.29) is 30.3 Å². The van der Waals surface area contributed by atoms with Crippen LogP contribution in [0, 0.1) is 0 Å². The van der Waals surface area contributed by atoms with E-state index in [2.05, 4.69) is 16.0 Å². The van der Waals surface area contributed by atoms with E-state index in [0.717, 1.165) is 25.7 Å². The number of piperazine rings is 1.